The number of halogens is 4. The van der Waals surface area contributed by atoms with Crippen molar-refractivity contribution in [2.24, 2.45) is 5.92 Å². The standard InChI is InChI=1S/C17H21ClF3N3O2/c18-14-9-12(17(19,20)21)10-22-15(14)24-5-1-11(2-6-24)16(25)23-13-3-7-26-8-4-13/h9-11,13H,1-8H2,(H,23,25). The van der Waals surface area contributed by atoms with E-state index < -0.39 is 11.7 Å². The minimum absolute atomic E-state index is 0.0232. The van der Waals surface area contributed by atoms with E-state index in [0.717, 1.165) is 25.1 Å². The van der Waals surface area contributed by atoms with Crippen LogP contribution < -0.4 is 10.2 Å². The summed E-state index contributed by atoms with van der Waals surface area (Å²) in [4.78, 5) is 18.1. The first-order chi connectivity index (χ1) is 12.3. The normalized spacial score (nSPS) is 20.2. The number of nitrogens with zero attached hydrogens (tertiary/aromatic N) is 2. The van der Waals surface area contributed by atoms with Gasteiger partial charge in [0.2, 0.25) is 5.91 Å². The van der Waals surface area contributed by atoms with E-state index in [0.29, 0.717) is 45.0 Å². The molecular formula is C17H21ClF3N3O2. The number of rotatable bonds is 3. The van der Waals surface area contributed by atoms with Crippen molar-refractivity contribution in [3.05, 3.63) is 22.8 Å². The molecule has 1 amide bonds. The zero-order valence-electron chi connectivity index (χ0n) is 14.2. The van der Waals surface area contributed by atoms with E-state index in [-0.39, 0.29) is 22.9 Å². The summed E-state index contributed by atoms with van der Waals surface area (Å²) in [5.74, 6) is 0.285. The second-order valence-electron chi connectivity index (χ2n) is 6.68. The zero-order valence-corrected chi connectivity index (χ0v) is 14.9. The molecule has 0 atom stereocenters. The third kappa shape index (κ3) is 4.59. The molecule has 0 radical (unpaired) electrons. The molecule has 3 rings (SSSR count). The first-order valence-electron chi connectivity index (χ1n) is 8.70. The number of anilines is 1. The molecule has 2 aliphatic heterocycles. The summed E-state index contributed by atoms with van der Waals surface area (Å²) in [5, 5.41) is 3.05. The maximum atomic E-state index is 12.7. The molecule has 0 spiro atoms. The van der Waals surface area contributed by atoms with Crippen molar-refractivity contribution in [1.82, 2.24) is 10.3 Å². The summed E-state index contributed by atoms with van der Waals surface area (Å²) in [6.07, 6.45) is -0.775. The second kappa shape index (κ2) is 8.00. The third-order valence-electron chi connectivity index (χ3n) is 4.88. The quantitative estimate of drug-likeness (QED) is 0.859. The van der Waals surface area contributed by atoms with E-state index in [1.54, 1.807) is 0 Å². The highest BCUT2D eigenvalue weighted by Gasteiger charge is 2.33. The molecule has 5 nitrogen and oxygen atoms in total. The van der Waals surface area contributed by atoms with Crippen LogP contribution in [-0.2, 0) is 15.7 Å². The van der Waals surface area contributed by atoms with Crippen LogP contribution in [0.5, 0.6) is 0 Å². The number of ether oxygens (including phenoxy) is 1. The fourth-order valence-electron chi connectivity index (χ4n) is 3.33. The van der Waals surface area contributed by atoms with Gasteiger partial charge in [-0.1, -0.05) is 11.6 Å². The van der Waals surface area contributed by atoms with Crippen molar-refractivity contribution >= 4 is 23.3 Å². The Hall–Kier alpha value is -1.54. The Balaban J connectivity index is 1.55. The molecule has 1 aromatic heterocycles. The van der Waals surface area contributed by atoms with Gasteiger partial charge in [-0.05, 0) is 31.7 Å². The van der Waals surface area contributed by atoms with Crippen LogP contribution in [0.15, 0.2) is 12.3 Å². The predicted octanol–water partition coefficient (Wildman–Crippen LogP) is 3.27. The van der Waals surface area contributed by atoms with Gasteiger partial charge in [0.1, 0.15) is 5.82 Å². The van der Waals surface area contributed by atoms with Gasteiger partial charge in [0.15, 0.2) is 0 Å². The molecule has 26 heavy (non-hydrogen) atoms. The van der Waals surface area contributed by atoms with Crippen LogP contribution in [0, 0.1) is 5.92 Å². The Kier molecular flexibility index (Phi) is 5.92. The van der Waals surface area contributed by atoms with E-state index >= 15 is 0 Å². The molecule has 0 saturated carbocycles. The molecule has 1 aromatic rings. The Labute approximate surface area is 154 Å². The molecule has 0 unspecified atom stereocenters. The molecule has 9 heteroatoms. The van der Waals surface area contributed by atoms with E-state index in [1.807, 2.05) is 4.90 Å². The molecule has 1 N–H and O–H groups in total. The lowest BCUT2D eigenvalue weighted by atomic mass is 9.95. The van der Waals surface area contributed by atoms with Crippen molar-refractivity contribution in [3.63, 3.8) is 0 Å². The Morgan fingerprint density at radius 2 is 1.88 bits per heavy atom. The number of hydrogen-bond acceptors (Lipinski definition) is 4. The highest BCUT2D eigenvalue weighted by molar-refractivity contribution is 6.33. The Bertz CT molecular complexity index is 643. The van der Waals surface area contributed by atoms with Crippen molar-refractivity contribution < 1.29 is 22.7 Å². The summed E-state index contributed by atoms with van der Waals surface area (Å²) >= 11 is 6.00. The number of carbonyl (C=O) groups excluding carboxylic acids is 1. The lowest BCUT2D eigenvalue weighted by molar-refractivity contribution is -0.137. The first kappa shape index (κ1) is 19.2. The maximum absolute atomic E-state index is 12.7. The third-order valence-corrected chi connectivity index (χ3v) is 5.16. The number of aromatic nitrogens is 1. The molecule has 2 saturated heterocycles. The lowest BCUT2D eigenvalue weighted by Crippen LogP contribution is -2.45. The van der Waals surface area contributed by atoms with Crippen LogP contribution in [-0.4, -0.2) is 43.2 Å². The summed E-state index contributed by atoms with van der Waals surface area (Å²) in [5.41, 5.74) is -0.864. The summed E-state index contributed by atoms with van der Waals surface area (Å²) in [7, 11) is 0. The van der Waals surface area contributed by atoms with Crippen LogP contribution in [0.1, 0.15) is 31.2 Å². The summed E-state index contributed by atoms with van der Waals surface area (Å²) in [6, 6.07) is 1.06. The Morgan fingerprint density at radius 3 is 2.46 bits per heavy atom. The van der Waals surface area contributed by atoms with Crippen LogP contribution in [0.3, 0.4) is 0 Å². The van der Waals surface area contributed by atoms with Crippen LogP contribution in [0.2, 0.25) is 5.02 Å². The second-order valence-corrected chi connectivity index (χ2v) is 7.09. The van der Waals surface area contributed by atoms with Gasteiger partial charge in [0, 0.05) is 44.5 Å². The fraction of sp³-hybridized carbons (Fsp3) is 0.647. The highest BCUT2D eigenvalue weighted by Crippen LogP contribution is 2.34. The predicted molar refractivity (Wildman–Crippen MR) is 91.2 cm³/mol. The number of alkyl halides is 3. The van der Waals surface area contributed by atoms with Gasteiger partial charge in [0.05, 0.1) is 10.6 Å². The van der Waals surface area contributed by atoms with Crippen LogP contribution in [0.4, 0.5) is 19.0 Å². The van der Waals surface area contributed by atoms with Gasteiger partial charge in [-0.15, -0.1) is 0 Å². The first-order valence-corrected chi connectivity index (χ1v) is 9.08. The van der Waals surface area contributed by atoms with Crippen LogP contribution >= 0.6 is 11.6 Å². The number of nitrogens with one attached hydrogen (secondary N) is 1. The minimum Gasteiger partial charge on any atom is -0.381 e. The van der Waals surface area contributed by atoms with Crippen molar-refractivity contribution in [2.75, 3.05) is 31.2 Å². The minimum atomic E-state index is -4.47. The molecule has 2 aliphatic rings. The van der Waals surface area contributed by atoms with Crippen molar-refractivity contribution in [2.45, 2.75) is 37.9 Å². The van der Waals surface area contributed by atoms with Gasteiger partial charge < -0.3 is 15.0 Å². The maximum Gasteiger partial charge on any atom is 0.417 e. The number of carbonyl (C=O) groups is 1. The molecule has 0 aliphatic carbocycles. The smallest absolute Gasteiger partial charge is 0.381 e. The number of piperidine rings is 1. The molecule has 2 fully saturated rings. The van der Waals surface area contributed by atoms with E-state index in [4.69, 9.17) is 16.3 Å². The summed E-state index contributed by atoms with van der Waals surface area (Å²) in [6.45, 7) is 2.40. The van der Waals surface area contributed by atoms with Gasteiger partial charge in [-0.3, -0.25) is 4.79 Å². The van der Waals surface area contributed by atoms with Gasteiger partial charge >= 0.3 is 6.18 Å². The average Bonchev–Trinajstić information content (AvgIpc) is 2.62. The molecule has 3 heterocycles. The van der Waals surface area contributed by atoms with Gasteiger partial charge in [-0.25, -0.2) is 4.98 Å². The fourth-order valence-corrected chi connectivity index (χ4v) is 3.62. The van der Waals surface area contributed by atoms with Gasteiger partial charge in [-0.2, -0.15) is 13.2 Å². The van der Waals surface area contributed by atoms with E-state index in [9.17, 15) is 18.0 Å². The number of pyridine rings is 1. The monoisotopic (exact) mass is 391 g/mol. The average molecular weight is 392 g/mol. The molecule has 0 bridgehead atoms. The topological polar surface area (TPSA) is 54.5 Å². The van der Waals surface area contributed by atoms with Gasteiger partial charge in [0.25, 0.3) is 0 Å². The SMILES string of the molecule is O=C(NC1CCOCC1)C1CCN(c2ncc(C(F)(F)F)cc2Cl)CC1. The largest absolute Gasteiger partial charge is 0.417 e. The highest BCUT2D eigenvalue weighted by atomic mass is 35.5. The zero-order chi connectivity index (χ0) is 18.7. The molecule has 144 valence electrons. The number of amides is 1. The molecule has 0 aromatic carbocycles. The number of hydrogen-bond donors (Lipinski definition) is 1. The van der Waals surface area contributed by atoms with Crippen LogP contribution in [0.25, 0.3) is 0 Å². The molecular weight excluding hydrogens is 371 g/mol. The lowest BCUT2D eigenvalue weighted by Gasteiger charge is -2.33. The van der Waals surface area contributed by atoms with E-state index in [1.165, 1.54) is 0 Å². The van der Waals surface area contributed by atoms with Crippen molar-refractivity contribution in [3.8, 4) is 0 Å². The van der Waals surface area contributed by atoms with Crippen molar-refractivity contribution in [1.29, 1.82) is 0 Å². The summed E-state index contributed by atoms with van der Waals surface area (Å²) < 4.78 is 43.4. The van der Waals surface area contributed by atoms with E-state index in [2.05, 4.69) is 10.3 Å². The Morgan fingerprint density at radius 1 is 1.23 bits per heavy atom.